The highest BCUT2D eigenvalue weighted by molar-refractivity contribution is 7.16. The lowest BCUT2D eigenvalue weighted by molar-refractivity contribution is 0.203. The van der Waals surface area contributed by atoms with Crippen molar-refractivity contribution in [3.05, 3.63) is 53.8 Å². The standard InChI is InChI=1S/C25H29N7OS/c1-16(2)26-9-10-28-25(33)32-11-6-17(7-12-32)22-14-19-20(5-8-27-24(19)31-22)30-18-3-4-21-23(13-18)34-15-29-21/h3-6,8,13-16,26H,7,9-12H2,1-2H3,(H,28,33)(H2,27,30,31). The number of carbonyl (C=O) groups is 1. The van der Waals surface area contributed by atoms with Crippen LogP contribution >= 0.6 is 11.3 Å². The SMILES string of the molecule is CC(C)NCCNC(=O)N1CC=C(c2cc3c(Nc4ccc5ncsc5c4)ccnc3[nH]2)CC1. The van der Waals surface area contributed by atoms with Gasteiger partial charge >= 0.3 is 6.03 Å². The van der Waals surface area contributed by atoms with Gasteiger partial charge in [-0.2, -0.15) is 0 Å². The summed E-state index contributed by atoms with van der Waals surface area (Å²) < 4.78 is 1.15. The molecule has 0 fully saturated rings. The number of nitrogens with zero attached hydrogens (tertiary/aromatic N) is 3. The van der Waals surface area contributed by atoms with Gasteiger partial charge in [-0.1, -0.05) is 19.9 Å². The average molecular weight is 476 g/mol. The lowest BCUT2D eigenvalue weighted by Crippen LogP contribution is -2.44. The fourth-order valence-electron chi connectivity index (χ4n) is 4.14. The Morgan fingerprint density at radius 1 is 1.21 bits per heavy atom. The number of thiazole rings is 1. The van der Waals surface area contributed by atoms with Gasteiger partial charge in [0, 0.05) is 55.2 Å². The summed E-state index contributed by atoms with van der Waals surface area (Å²) in [7, 11) is 0. The van der Waals surface area contributed by atoms with Crippen LogP contribution in [0.15, 0.2) is 48.1 Å². The van der Waals surface area contributed by atoms with Crippen molar-refractivity contribution in [2.24, 2.45) is 0 Å². The van der Waals surface area contributed by atoms with Crippen LogP contribution < -0.4 is 16.0 Å². The number of amides is 2. The summed E-state index contributed by atoms with van der Waals surface area (Å²) in [6.07, 6.45) is 4.74. The van der Waals surface area contributed by atoms with Crippen molar-refractivity contribution >= 4 is 55.6 Å². The number of hydrogen-bond donors (Lipinski definition) is 4. The lowest BCUT2D eigenvalue weighted by atomic mass is 10.0. The van der Waals surface area contributed by atoms with Gasteiger partial charge in [-0.3, -0.25) is 0 Å². The van der Waals surface area contributed by atoms with Crippen LogP contribution in [0.25, 0.3) is 26.8 Å². The molecule has 4 heterocycles. The number of H-pyrrole nitrogens is 1. The predicted molar refractivity (Wildman–Crippen MR) is 140 cm³/mol. The number of urea groups is 1. The van der Waals surface area contributed by atoms with Crippen molar-refractivity contribution in [2.75, 3.05) is 31.5 Å². The van der Waals surface area contributed by atoms with E-state index in [1.54, 1.807) is 11.3 Å². The number of rotatable bonds is 7. The monoisotopic (exact) mass is 475 g/mol. The van der Waals surface area contributed by atoms with Gasteiger partial charge in [-0.15, -0.1) is 11.3 Å². The first-order valence-electron chi connectivity index (χ1n) is 11.6. The fraction of sp³-hybridized carbons (Fsp3) is 0.320. The van der Waals surface area contributed by atoms with Crippen LogP contribution in [-0.2, 0) is 0 Å². The zero-order valence-corrected chi connectivity index (χ0v) is 20.2. The smallest absolute Gasteiger partial charge is 0.317 e. The van der Waals surface area contributed by atoms with Crippen LogP contribution in [-0.4, -0.2) is 58.1 Å². The maximum Gasteiger partial charge on any atom is 0.317 e. The topological polar surface area (TPSA) is 98.0 Å². The Morgan fingerprint density at radius 3 is 2.94 bits per heavy atom. The molecule has 1 aromatic carbocycles. The number of aromatic nitrogens is 3. The molecular weight excluding hydrogens is 446 g/mol. The van der Waals surface area contributed by atoms with E-state index in [9.17, 15) is 4.79 Å². The average Bonchev–Trinajstić information content (AvgIpc) is 3.49. The van der Waals surface area contributed by atoms with E-state index in [1.807, 2.05) is 34.8 Å². The first-order chi connectivity index (χ1) is 16.6. The summed E-state index contributed by atoms with van der Waals surface area (Å²) in [5, 5.41) is 10.9. The number of pyridine rings is 1. The first kappa shape index (κ1) is 22.4. The molecule has 0 saturated carbocycles. The van der Waals surface area contributed by atoms with Gasteiger partial charge in [-0.05, 0) is 42.3 Å². The maximum atomic E-state index is 12.4. The molecule has 0 bridgehead atoms. The zero-order chi connectivity index (χ0) is 23.5. The van der Waals surface area contributed by atoms with Crippen LogP contribution in [0.2, 0.25) is 0 Å². The normalized spacial score (nSPS) is 14.1. The van der Waals surface area contributed by atoms with Crippen molar-refractivity contribution in [3.8, 4) is 0 Å². The Hall–Kier alpha value is -3.43. The number of anilines is 2. The van der Waals surface area contributed by atoms with Gasteiger partial charge < -0.3 is 25.8 Å². The Labute approximate surface area is 202 Å². The molecule has 4 N–H and O–H groups in total. The van der Waals surface area contributed by atoms with E-state index in [2.05, 4.69) is 63.0 Å². The highest BCUT2D eigenvalue weighted by Gasteiger charge is 2.19. The zero-order valence-electron chi connectivity index (χ0n) is 19.4. The van der Waals surface area contributed by atoms with Crippen LogP contribution in [0.1, 0.15) is 26.0 Å². The number of benzene rings is 1. The summed E-state index contributed by atoms with van der Waals surface area (Å²) in [6, 6.07) is 10.7. The van der Waals surface area contributed by atoms with Gasteiger partial charge in [0.2, 0.25) is 0 Å². The molecule has 1 aliphatic rings. The molecule has 5 rings (SSSR count). The second-order valence-electron chi connectivity index (χ2n) is 8.73. The van der Waals surface area contributed by atoms with Crippen LogP contribution in [0.4, 0.5) is 16.2 Å². The largest absolute Gasteiger partial charge is 0.355 e. The van der Waals surface area contributed by atoms with Crippen molar-refractivity contribution in [1.29, 1.82) is 0 Å². The molecule has 1 aliphatic heterocycles. The number of hydrogen-bond acceptors (Lipinski definition) is 6. The molecule has 2 amide bonds. The van der Waals surface area contributed by atoms with Gasteiger partial charge in [0.25, 0.3) is 0 Å². The van der Waals surface area contributed by atoms with E-state index in [1.165, 1.54) is 5.57 Å². The van der Waals surface area contributed by atoms with E-state index >= 15 is 0 Å². The van der Waals surface area contributed by atoms with Crippen molar-refractivity contribution in [1.82, 2.24) is 30.5 Å². The Bertz CT molecular complexity index is 1340. The second-order valence-corrected chi connectivity index (χ2v) is 9.62. The number of aromatic amines is 1. The molecule has 34 heavy (non-hydrogen) atoms. The summed E-state index contributed by atoms with van der Waals surface area (Å²) >= 11 is 1.63. The number of fused-ring (bicyclic) bond motifs is 2. The Morgan fingerprint density at radius 2 is 2.12 bits per heavy atom. The van der Waals surface area contributed by atoms with Gasteiger partial charge in [0.05, 0.1) is 21.4 Å². The molecule has 0 saturated heterocycles. The van der Waals surface area contributed by atoms with Crippen molar-refractivity contribution in [3.63, 3.8) is 0 Å². The van der Waals surface area contributed by atoms with Gasteiger partial charge in [0.1, 0.15) is 5.65 Å². The fourth-order valence-corrected chi connectivity index (χ4v) is 4.85. The quantitative estimate of drug-likeness (QED) is 0.290. The number of nitrogens with one attached hydrogen (secondary N) is 4. The minimum absolute atomic E-state index is 0.0106. The Kier molecular flexibility index (Phi) is 6.46. The molecule has 3 aromatic heterocycles. The van der Waals surface area contributed by atoms with E-state index in [-0.39, 0.29) is 6.03 Å². The molecule has 0 aliphatic carbocycles. The molecule has 9 heteroatoms. The van der Waals surface area contributed by atoms with Gasteiger partial charge in [0.15, 0.2) is 0 Å². The Balaban J connectivity index is 1.27. The molecule has 0 radical (unpaired) electrons. The molecular formula is C25H29N7OS. The molecule has 4 aromatic rings. The highest BCUT2D eigenvalue weighted by atomic mass is 32.1. The molecule has 8 nitrogen and oxygen atoms in total. The second kappa shape index (κ2) is 9.82. The van der Waals surface area contributed by atoms with E-state index in [0.717, 1.165) is 51.3 Å². The third-order valence-electron chi connectivity index (χ3n) is 5.94. The molecule has 176 valence electrons. The lowest BCUT2D eigenvalue weighted by Gasteiger charge is -2.26. The molecule has 0 atom stereocenters. The van der Waals surface area contributed by atoms with E-state index in [0.29, 0.717) is 25.7 Å². The summed E-state index contributed by atoms with van der Waals surface area (Å²) in [4.78, 5) is 26.6. The predicted octanol–water partition coefficient (Wildman–Crippen LogP) is 4.71. The minimum atomic E-state index is -0.0106. The van der Waals surface area contributed by atoms with Crippen molar-refractivity contribution < 1.29 is 4.79 Å². The third kappa shape index (κ3) is 4.90. The maximum absolute atomic E-state index is 12.4. The van der Waals surface area contributed by atoms with Crippen LogP contribution in [0.5, 0.6) is 0 Å². The van der Waals surface area contributed by atoms with Crippen LogP contribution in [0, 0.1) is 0 Å². The minimum Gasteiger partial charge on any atom is -0.355 e. The van der Waals surface area contributed by atoms with Crippen molar-refractivity contribution in [2.45, 2.75) is 26.3 Å². The molecule has 0 spiro atoms. The van der Waals surface area contributed by atoms with Gasteiger partial charge in [-0.25, -0.2) is 14.8 Å². The van der Waals surface area contributed by atoms with Crippen LogP contribution in [0.3, 0.4) is 0 Å². The first-order valence-corrected chi connectivity index (χ1v) is 12.5. The van der Waals surface area contributed by atoms with E-state index < -0.39 is 0 Å². The van der Waals surface area contributed by atoms with E-state index in [4.69, 9.17) is 0 Å². The third-order valence-corrected chi connectivity index (χ3v) is 6.73. The summed E-state index contributed by atoms with van der Waals surface area (Å²) in [5.41, 5.74) is 8.01. The number of carbonyl (C=O) groups excluding carboxylic acids is 1. The highest BCUT2D eigenvalue weighted by Crippen LogP contribution is 2.31. The molecule has 0 unspecified atom stereocenters. The summed E-state index contributed by atoms with van der Waals surface area (Å²) in [6.45, 7) is 6.88. The summed E-state index contributed by atoms with van der Waals surface area (Å²) in [5.74, 6) is 0.